The highest BCUT2D eigenvalue weighted by atomic mass is 16.3. The van der Waals surface area contributed by atoms with E-state index in [1.54, 1.807) is 4.90 Å². The molecule has 0 aliphatic carbocycles. The number of urea groups is 1. The molecule has 138 valence electrons. The lowest BCUT2D eigenvalue weighted by molar-refractivity contribution is -0.128. The number of para-hydroxylation sites is 1. The summed E-state index contributed by atoms with van der Waals surface area (Å²) in [5.41, 5.74) is 3.07. The molecule has 4 heterocycles. The first-order valence-electron chi connectivity index (χ1n) is 9.45. The van der Waals surface area contributed by atoms with Crippen molar-refractivity contribution in [2.75, 3.05) is 6.54 Å². The lowest BCUT2D eigenvalue weighted by Crippen LogP contribution is -2.44. The largest absolute Gasteiger partial charge is 0.463 e. The molecule has 2 aliphatic rings. The van der Waals surface area contributed by atoms with E-state index >= 15 is 0 Å². The molecule has 6 heteroatoms. The van der Waals surface area contributed by atoms with Crippen molar-refractivity contribution in [3.8, 4) is 0 Å². The number of carbonyl (C=O) groups excluding carboxylic acids is 2. The molecule has 0 spiro atoms. The second kappa shape index (κ2) is 5.74. The molecule has 27 heavy (non-hydrogen) atoms. The highest BCUT2D eigenvalue weighted by Crippen LogP contribution is 2.44. The fourth-order valence-corrected chi connectivity index (χ4v) is 4.45. The van der Waals surface area contributed by atoms with Crippen LogP contribution >= 0.6 is 0 Å². The van der Waals surface area contributed by atoms with E-state index in [9.17, 15) is 9.59 Å². The van der Waals surface area contributed by atoms with E-state index in [2.05, 4.69) is 11.1 Å². The van der Waals surface area contributed by atoms with Crippen molar-refractivity contribution in [3.63, 3.8) is 0 Å². The summed E-state index contributed by atoms with van der Waals surface area (Å²) in [4.78, 5) is 32.5. The number of hydrogen-bond donors (Lipinski definition) is 1. The van der Waals surface area contributed by atoms with Crippen LogP contribution in [0.5, 0.6) is 0 Å². The summed E-state index contributed by atoms with van der Waals surface area (Å²) in [6, 6.07) is 10.8. The molecule has 1 saturated heterocycles. The normalized spacial score (nSPS) is 21.9. The van der Waals surface area contributed by atoms with E-state index < -0.39 is 12.1 Å². The van der Waals surface area contributed by atoms with E-state index in [4.69, 9.17) is 4.42 Å². The molecule has 0 radical (unpaired) electrons. The topological polar surface area (TPSA) is 69.6 Å². The Morgan fingerprint density at radius 1 is 1.15 bits per heavy atom. The first kappa shape index (κ1) is 16.2. The lowest BCUT2D eigenvalue weighted by Gasteiger charge is -2.34. The summed E-state index contributed by atoms with van der Waals surface area (Å²) in [5.74, 6) is 1.45. The molecular weight excluding hydrogens is 342 g/mol. The van der Waals surface area contributed by atoms with Crippen molar-refractivity contribution in [2.45, 2.75) is 38.8 Å². The highest BCUT2D eigenvalue weighted by molar-refractivity contribution is 6.05. The van der Waals surface area contributed by atoms with Gasteiger partial charge in [0.05, 0.1) is 5.69 Å². The van der Waals surface area contributed by atoms with Gasteiger partial charge in [-0.25, -0.2) is 4.79 Å². The van der Waals surface area contributed by atoms with E-state index in [1.807, 2.05) is 44.2 Å². The van der Waals surface area contributed by atoms with Crippen molar-refractivity contribution in [3.05, 3.63) is 59.2 Å². The number of H-pyrrole nitrogens is 1. The molecule has 2 atom stereocenters. The summed E-state index contributed by atoms with van der Waals surface area (Å²) < 4.78 is 6.04. The highest BCUT2D eigenvalue weighted by Gasteiger charge is 2.52. The van der Waals surface area contributed by atoms with Crippen molar-refractivity contribution in [2.24, 2.45) is 0 Å². The smallest absolute Gasteiger partial charge is 0.328 e. The molecule has 3 aromatic rings. The average Bonchev–Trinajstić information content (AvgIpc) is 3.36. The van der Waals surface area contributed by atoms with Crippen LogP contribution in [0.15, 0.2) is 40.8 Å². The van der Waals surface area contributed by atoms with E-state index in [-0.39, 0.29) is 11.9 Å². The zero-order valence-electron chi connectivity index (χ0n) is 15.4. The second-order valence-electron chi connectivity index (χ2n) is 7.12. The maximum absolute atomic E-state index is 13.0. The number of rotatable bonds is 3. The van der Waals surface area contributed by atoms with Gasteiger partial charge < -0.3 is 9.40 Å². The van der Waals surface area contributed by atoms with Crippen molar-refractivity contribution < 1.29 is 14.0 Å². The van der Waals surface area contributed by atoms with Gasteiger partial charge in [0.25, 0.3) is 5.91 Å². The number of benzene rings is 1. The van der Waals surface area contributed by atoms with Crippen LogP contribution in [0, 0.1) is 0 Å². The Hall–Kier alpha value is -3.02. The number of nitrogens with one attached hydrogen (secondary N) is 1. The third-order valence-corrected chi connectivity index (χ3v) is 5.75. The van der Waals surface area contributed by atoms with Gasteiger partial charge in [0, 0.05) is 30.3 Å². The van der Waals surface area contributed by atoms with E-state index in [0.29, 0.717) is 18.7 Å². The minimum atomic E-state index is -0.482. The third-order valence-electron chi connectivity index (χ3n) is 5.75. The minimum Gasteiger partial charge on any atom is -0.463 e. The zero-order valence-corrected chi connectivity index (χ0v) is 15.4. The molecular formula is C21H21N3O3. The van der Waals surface area contributed by atoms with Crippen LogP contribution in [0.25, 0.3) is 10.9 Å². The predicted octanol–water partition coefficient (Wildman–Crippen LogP) is 3.62. The monoisotopic (exact) mass is 363 g/mol. The summed E-state index contributed by atoms with van der Waals surface area (Å²) in [6.07, 6.45) is 1.31. The van der Waals surface area contributed by atoms with Crippen LogP contribution in [-0.2, 0) is 17.6 Å². The number of amides is 3. The number of aromatic amines is 1. The fraction of sp³-hybridized carbons (Fsp3) is 0.333. The molecule has 0 saturated carbocycles. The number of nitrogens with zero attached hydrogens (tertiary/aromatic N) is 2. The van der Waals surface area contributed by atoms with Crippen LogP contribution in [-0.4, -0.2) is 39.3 Å². The molecule has 5 rings (SSSR count). The maximum atomic E-state index is 13.0. The number of carbonyl (C=O) groups is 2. The molecule has 3 amide bonds. The van der Waals surface area contributed by atoms with Crippen molar-refractivity contribution in [1.29, 1.82) is 0 Å². The summed E-state index contributed by atoms with van der Waals surface area (Å²) in [7, 11) is 0. The Labute approximate surface area is 156 Å². The summed E-state index contributed by atoms with van der Waals surface area (Å²) >= 11 is 0. The quantitative estimate of drug-likeness (QED) is 0.723. The minimum absolute atomic E-state index is 0.120. The Morgan fingerprint density at radius 2 is 1.96 bits per heavy atom. The fourth-order valence-electron chi connectivity index (χ4n) is 4.45. The average molecular weight is 363 g/mol. The summed E-state index contributed by atoms with van der Waals surface area (Å²) in [6.45, 7) is 4.24. The first-order valence-corrected chi connectivity index (χ1v) is 9.45. The van der Waals surface area contributed by atoms with Gasteiger partial charge in [-0.3, -0.25) is 14.6 Å². The molecule has 0 bridgehead atoms. The first-order chi connectivity index (χ1) is 13.1. The van der Waals surface area contributed by atoms with Crippen LogP contribution < -0.4 is 0 Å². The van der Waals surface area contributed by atoms with Gasteiger partial charge in [0.1, 0.15) is 23.6 Å². The second-order valence-corrected chi connectivity index (χ2v) is 7.12. The number of aryl methyl sites for hydroxylation is 1. The number of furan rings is 1. The van der Waals surface area contributed by atoms with Gasteiger partial charge >= 0.3 is 6.03 Å². The van der Waals surface area contributed by atoms with Crippen LogP contribution in [0.2, 0.25) is 0 Å². The Morgan fingerprint density at radius 3 is 2.70 bits per heavy atom. The van der Waals surface area contributed by atoms with E-state index in [1.165, 1.54) is 4.90 Å². The predicted molar refractivity (Wildman–Crippen MR) is 100 cm³/mol. The molecule has 1 aromatic carbocycles. The number of hydrogen-bond acceptors (Lipinski definition) is 3. The molecule has 6 nitrogen and oxygen atoms in total. The van der Waals surface area contributed by atoms with Gasteiger partial charge in [-0.15, -0.1) is 0 Å². The van der Waals surface area contributed by atoms with Gasteiger partial charge in [-0.2, -0.15) is 0 Å². The van der Waals surface area contributed by atoms with Crippen molar-refractivity contribution in [1.82, 2.24) is 14.8 Å². The number of imide groups is 1. The Balaban J connectivity index is 1.74. The number of fused-ring (bicyclic) bond motifs is 4. The third kappa shape index (κ3) is 2.13. The van der Waals surface area contributed by atoms with Gasteiger partial charge in [-0.1, -0.05) is 25.1 Å². The van der Waals surface area contributed by atoms with Crippen molar-refractivity contribution >= 4 is 22.8 Å². The molecule has 2 aromatic heterocycles. The SMILES string of the molecule is CCc1ccc([C@H]2c3[nH]c4ccccc4c3C[C@@H]3C(=O)N(CC)C(=O)N23)o1. The van der Waals surface area contributed by atoms with Gasteiger partial charge in [-0.05, 0) is 30.7 Å². The lowest BCUT2D eigenvalue weighted by atomic mass is 9.91. The zero-order chi connectivity index (χ0) is 18.7. The summed E-state index contributed by atoms with van der Waals surface area (Å²) in [5, 5.41) is 1.11. The van der Waals surface area contributed by atoms with Crippen LogP contribution in [0.4, 0.5) is 4.79 Å². The number of aromatic nitrogens is 1. The molecule has 1 N–H and O–H groups in total. The van der Waals surface area contributed by atoms with Crippen LogP contribution in [0.3, 0.4) is 0 Å². The Kier molecular flexibility index (Phi) is 3.44. The number of likely N-dealkylation sites (N-methyl/N-ethyl adjacent to an activating group) is 1. The molecule has 2 aliphatic heterocycles. The Bertz CT molecular complexity index is 1060. The van der Waals surface area contributed by atoms with Gasteiger partial charge in [0.15, 0.2) is 0 Å². The van der Waals surface area contributed by atoms with E-state index in [0.717, 1.165) is 34.3 Å². The van der Waals surface area contributed by atoms with Gasteiger partial charge in [0.2, 0.25) is 0 Å². The standard InChI is InChI=1S/C21H21N3O3/c1-3-12-9-10-17(27-12)19-18-14(13-7-5-6-8-15(13)22-18)11-16-20(25)23(4-2)21(26)24(16)19/h5-10,16,19,22H,3-4,11H2,1-2H3/t16-,19+/m1/s1. The maximum Gasteiger partial charge on any atom is 0.328 e. The van der Waals surface area contributed by atoms with Crippen LogP contribution in [0.1, 0.15) is 42.7 Å². The molecule has 0 unspecified atom stereocenters. The molecule has 1 fully saturated rings.